The number of nitrogens with one attached hydrogen (secondary N) is 1. The summed E-state index contributed by atoms with van der Waals surface area (Å²) in [5.74, 6) is 1.02. The van der Waals surface area contributed by atoms with Gasteiger partial charge in [0.15, 0.2) is 0 Å². The van der Waals surface area contributed by atoms with Gasteiger partial charge in [-0.1, -0.05) is 20.3 Å². The third kappa shape index (κ3) is 3.29. The van der Waals surface area contributed by atoms with Gasteiger partial charge in [0.25, 0.3) is 0 Å². The zero-order valence-electron chi connectivity index (χ0n) is 9.38. The van der Waals surface area contributed by atoms with Crippen molar-refractivity contribution in [1.82, 2.24) is 5.32 Å². The first-order valence-corrected chi connectivity index (χ1v) is 5.50. The van der Waals surface area contributed by atoms with Crippen molar-refractivity contribution in [2.24, 2.45) is 11.8 Å². The van der Waals surface area contributed by atoms with Gasteiger partial charge in [-0.2, -0.15) is 0 Å². The van der Waals surface area contributed by atoms with Crippen molar-refractivity contribution in [3.63, 3.8) is 0 Å². The molecule has 2 atom stereocenters. The molecule has 3 nitrogen and oxygen atoms in total. The fourth-order valence-electron chi connectivity index (χ4n) is 1.50. The van der Waals surface area contributed by atoms with Gasteiger partial charge in [0.1, 0.15) is 6.04 Å². The normalized spacial score (nSPS) is 20.2. The molecule has 1 N–H and O–H groups in total. The molecule has 0 spiro atoms. The van der Waals surface area contributed by atoms with Crippen molar-refractivity contribution in [1.29, 1.82) is 0 Å². The van der Waals surface area contributed by atoms with Crippen LogP contribution >= 0.6 is 0 Å². The summed E-state index contributed by atoms with van der Waals surface area (Å²) < 4.78 is 4.79. The molecule has 0 aromatic heterocycles. The molecule has 0 amide bonds. The lowest BCUT2D eigenvalue weighted by molar-refractivity contribution is -0.144. The lowest BCUT2D eigenvalue weighted by Crippen LogP contribution is -2.43. The highest BCUT2D eigenvalue weighted by atomic mass is 16.5. The summed E-state index contributed by atoms with van der Waals surface area (Å²) in [6, 6.07) is -0.120. The molecule has 1 aliphatic carbocycles. The standard InChI is InChI=1S/C11H21NO2/c1-4-8(2)10(11(13)14-3)12-7-9-5-6-9/h8-10,12H,4-7H2,1-3H3. The molecule has 2 unspecified atom stereocenters. The van der Waals surface area contributed by atoms with Crippen molar-refractivity contribution in [3.05, 3.63) is 0 Å². The average Bonchev–Trinajstić information content (AvgIpc) is 3.00. The maximum atomic E-state index is 11.5. The predicted molar refractivity (Wildman–Crippen MR) is 56.0 cm³/mol. The van der Waals surface area contributed by atoms with Crippen molar-refractivity contribution in [3.8, 4) is 0 Å². The molecule has 0 heterocycles. The van der Waals surface area contributed by atoms with E-state index >= 15 is 0 Å². The van der Waals surface area contributed by atoms with Crippen LogP contribution in [0.4, 0.5) is 0 Å². The van der Waals surface area contributed by atoms with E-state index in [1.54, 1.807) is 0 Å². The van der Waals surface area contributed by atoms with Crippen molar-refractivity contribution >= 4 is 5.97 Å². The van der Waals surface area contributed by atoms with E-state index in [9.17, 15) is 4.79 Å². The second-order valence-corrected chi connectivity index (χ2v) is 4.24. The minimum Gasteiger partial charge on any atom is -0.468 e. The summed E-state index contributed by atoms with van der Waals surface area (Å²) in [5.41, 5.74) is 0. The highest BCUT2D eigenvalue weighted by Crippen LogP contribution is 2.28. The fourth-order valence-corrected chi connectivity index (χ4v) is 1.50. The maximum Gasteiger partial charge on any atom is 0.323 e. The second-order valence-electron chi connectivity index (χ2n) is 4.24. The first kappa shape index (κ1) is 11.5. The Morgan fingerprint density at radius 3 is 2.64 bits per heavy atom. The third-order valence-electron chi connectivity index (χ3n) is 2.99. The molecule has 0 aliphatic heterocycles. The van der Waals surface area contributed by atoms with Crippen LogP contribution in [0.2, 0.25) is 0 Å². The number of esters is 1. The Labute approximate surface area is 86.2 Å². The molecule has 0 saturated heterocycles. The van der Waals surface area contributed by atoms with Crippen molar-refractivity contribution in [2.75, 3.05) is 13.7 Å². The number of hydrogen-bond acceptors (Lipinski definition) is 3. The van der Waals surface area contributed by atoms with Gasteiger partial charge in [0.2, 0.25) is 0 Å². The summed E-state index contributed by atoms with van der Waals surface area (Å²) in [7, 11) is 1.45. The van der Waals surface area contributed by atoms with Crippen LogP contribution in [0.1, 0.15) is 33.1 Å². The zero-order chi connectivity index (χ0) is 10.6. The van der Waals surface area contributed by atoms with Gasteiger partial charge in [0, 0.05) is 0 Å². The quantitative estimate of drug-likeness (QED) is 0.660. The van der Waals surface area contributed by atoms with Crippen molar-refractivity contribution in [2.45, 2.75) is 39.2 Å². The minimum absolute atomic E-state index is 0.120. The molecule has 1 aliphatic rings. The topological polar surface area (TPSA) is 38.3 Å². The Kier molecular flexibility index (Phi) is 4.39. The third-order valence-corrected chi connectivity index (χ3v) is 2.99. The first-order valence-electron chi connectivity index (χ1n) is 5.50. The van der Waals surface area contributed by atoms with Gasteiger partial charge in [-0.05, 0) is 31.2 Å². The van der Waals surface area contributed by atoms with Gasteiger partial charge in [0.05, 0.1) is 7.11 Å². The van der Waals surface area contributed by atoms with E-state index in [4.69, 9.17) is 4.74 Å². The molecule has 1 saturated carbocycles. The Morgan fingerprint density at radius 2 is 2.21 bits per heavy atom. The van der Waals surface area contributed by atoms with E-state index in [1.165, 1.54) is 20.0 Å². The zero-order valence-corrected chi connectivity index (χ0v) is 9.38. The van der Waals surface area contributed by atoms with Gasteiger partial charge >= 0.3 is 5.97 Å². The highest BCUT2D eigenvalue weighted by Gasteiger charge is 2.28. The molecule has 0 bridgehead atoms. The van der Waals surface area contributed by atoms with E-state index in [1.807, 2.05) is 0 Å². The smallest absolute Gasteiger partial charge is 0.323 e. The Bertz CT molecular complexity index is 190. The van der Waals surface area contributed by atoms with Crippen LogP contribution in [0.5, 0.6) is 0 Å². The largest absolute Gasteiger partial charge is 0.468 e. The number of methoxy groups -OCH3 is 1. The predicted octanol–water partition coefficient (Wildman–Crippen LogP) is 1.57. The van der Waals surface area contributed by atoms with E-state index in [2.05, 4.69) is 19.2 Å². The van der Waals surface area contributed by atoms with E-state index in [0.29, 0.717) is 5.92 Å². The molecule has 3 heteroatoms. The molecule has 0 aromatic rings. The lowest BCUT2D eigenvalue weighted by atomic mass is 9.99. The van der Waals surface area contributed by atoms with Crippen molar-refractivity contribution < 1.29 is 9.53 Å². The van der Waals surface area contributed by atoms with Gasteiger partial charge < -0.3 is 10.1 Å². The molecule has 0 radical (unpaired) electrons. The second kappa shape index (κ2) is 5.35. The number of rotatable bonds is 6. The summed E-state index contributed by atoms with van der Waals surface area (Å²) in [6.45, 7) is 5.14. The van der Waals surface area contributed by atoms with Crippen LogP contribution in [0.3, 0.4) is 0 Å². The molecule has 1 fully saturated rings. The highest BCUT2D eigenvalue weighted by molar-refractivity contribution is 5.75. The van der Waals surface area contributed by atoms with Gasteiger partial charge in [-0.25, -0.2) is 0 Å². The van der Waals surface area contributed by atoms with E-state index in [0.717, 1.165) is 18.9 Å². The van der Waals surface area contributed by atoms with Crippen LogP contribution in [-0.2, 0) is 9.53 Å². The molecule has 14 heavy (non-hydrogen) atoms. The summed E-state index contributed by atoms with van der Waals surface area (Å²) in [4.78, 5) is 11.5. The number of carbonyl (C=O) groups excluding carboxylic acids is 1. The number of hydrogen-bond donors (Lipinski definition) is 1. The summed E-state index contributed by atoms with van der Waals surface area (Å²) >= 11 is 0. The van der Waals surface area contributed by atoms with Crippen LogP contribution < -0.4 is 5.32 Å². The first-order chi connectivity index (χ1) is 6.69. The van der Waals surface area contributed by atoms with Crippen LogP contribution in [0.15, 0.2) is 0 Å². The van der Waals surface area contributed by atoms with Crippen LogP contribution in [0.25, 0.3) is 0 Å². The van der Waals surface area contributed by atoms with E-state index < -0.39 is 0 Å². The van der Waals surface area contributed by atoms with Crippen LogP contribution in [0, 0.1) is 11.8 Å². The molecular formula is C11H21NO2. The minimum atomic E-state index is -0.125. The SMILES string of the molecule is CCC(C)C(NCC1CC1)C(=O)OC. The monoisotopic (exact) mass is 199 g/mol. The average molecular weight is 199 g/mol. The number of carbonyl (C=O) groups is 1. The molecule has 0 aromatic carbocycles. The van der Waals surface area contributed by atoms with Gasteiger partial charge in [-0.15, -0.1) is 0 Å². The van der Waals surface area contributed by atoms with Gasteiger partial charge in [-0.3, -0.25) is 4.79 Å². The fraction of sp³-hybridized carbons (Fsp3) is 0.909. The van der Waals surface area contributed by atoms with E-state index in [-0.39, 0.29) is 12.0 Å². The summed E-state index contributed by atoms with van der Waals surface area (Å²) in [6.07, 6.45) is 3.61. The Morgan fingerprint density at radius 1 is 1.57 bits per heavy atom. The lowest BCUT2D eigenvalue weighted by Gasteiger charge is -2.21. The molecule has 1 rings (SSSR count). The van der Waals surface area contributed by atoms with Crippen LogP contribution in [-0.4, -0.2) is 25.7 Å². The Hall–Kier alpha value is -0.570. The number of ether oxygens (including phenoxy) is 1. The Balaban J connectivity index is 2.37. The molecular weight excluding hydrogens is 178 g/mol. The molecule has 82 valence electrons. The maximum absolute atomic E-state index is 11.5. The summed E-state index contributed by atoms with van der Waals surface area (Å²) in [5, 5.41) is 3.31.